The predicted octanol–water partition coefficient (Wildman–Crippen LogP) is 6.39. The van der Waals surface area contributed by atoms with Gasteiger partial charge in [0.2, 0.25) is 0 Å². The molecule has 0 bridgehead atoms. The van der Waals surface area contributed by atoms with E-state index in [1.54, 1.807) is 0 Å². The molecule has 4 nitrogen and oxygen atoms in total. The number of hydrogen-bond acceptors (Lipinski definition) is 3. The van der Waals surface area contributed by atoms with Crippen LogP contribution in [0.5, 0.6) is 17.2 Å². The number of benzene rings is 4. The number of hydrogen-bond donors (Lipinski definition) is 1. The Morgan fingerprint density at radius 2 is 1.44 bits per heavy atom. The van der Waals surface area contributed by atoms with Crippen LogP contribution in [0.2, 0.25) is 0 Å². The highest BCUT2D eigenvalue weighted by Crippen LogP contribution is 2.28. The van der Waals surface area contributed by atoms with E-state index in [1.807, 2.05) is 80.6 Å². The SMILES string of the molecule is CC(C)Oc1ccc(Oc2ccc3cc(CCNC(=O)c4ccccc4)ccc3c2)cc1. The van der Waals surface area contributed by atoms with E-state index in [0.717, 1.165) is 34.4 Å². The first-order valence-electron chi connectivity index (χ1n) is 10.9. The molecule has 4 aromatic carbocycles. The molecule has 0 aromatic heterocycles. The van der Waals surface area contributed by atoms with E-state index in [4.69, 9.17) is 9.47 Å². The lowest BCUT2D eigenvalue weighted by Crippen LogP contribution is -2.25. The second kappa shape index (κ2) is 10.0. The lowest BCUT2D eigenvalue weighted by Gasteiger charge is -2.11. The Kier molecular flexibility index (Phi) is 6.71. The summed E-state index contributed by atoms with van der Waals surface area (Å²) in [5.41, 5.74) is 1.86. The van der Waals surface area contributed by atoms with Crippen molar-refractivity contribution in [1.29, 1.82) is 0 Å². The lowest BCUT2D eigenvalue weighted by molar-refractivity contribution is 0.0954. The largest absolute Gasteiger partial charge is 0.491 e. The van der Waals surface area contributed by atoms with E-state index in [-0.39, 0.29) is 12.0 Å². The van der Waals surface area contributed by atoms with E-state index >= 15 is 0 Å². The maximum atomic E-state index is 12.2. The predicted molar refractivity (Wildman–Crippen MR) is 129 cm³/mol. The molecule has 0 aliphatic heterocycles. The molecule has 0 spiro atoms. The van der Waals surface area contributed by atoms with Gasteiger partial charge in [-0.3, -0.25) is 4.79 Å². The first-order valence-corrected chi connectivity index (χ1v) is 10.9. The summed E-state index contributed by atoms with van der Waals surface area (Å²) in [6.07, 6.45) is 0.921. The maximum Gasteiger partial charge on any atom is 0.251 e. The van der Waals surface area contributed by atoms with E-state index in [0.29, 0.717) is 12.1 Å². The average Bonchev–Trinajstić information content (AvgIpc) is 2.80. The van der Waals surface area contributed by atoms with Gasteiger partial charge >= 0.3 is 0 Å². The Bertz CT molecular complexity index is 1180. The van der Waals surface area contributed by atoms with Crippen LogP contribution in [0.15, 0.2) is 91.0 Å². The Morgan fingerprint density at radius 1 is 0.781 bits per heavy atom. The standard InChI is InChI=1S/C28H27NO3/c1-20(2)31-25-12-14-26(15-13-25)32-27-11-10-23-18-21(8-9-24(23)19-27)16-17-29-28(30)22-6-4-3-5-7-22/h3-15,18-20H,16-17H2,1-2H3,(H,29,30). The molecular weight excluding hydrogens is 398 g/mol. The molecule has 1 amide bonds. The van der Waals surface area contributed by atoms with Crippen molar-refractivity contribution in [2.75, 3.05) is 6.54 Å². The van der Waals surface area contributed by atoms with Gasteiger partial charge in [-0.1, -0.05) is 42.5 Å². The minimum atomic E-state index is -0.0445. The number of rotatable bonds is 8. The molecule has 0 atom stereocenters. The fraction of sp³-hybridized carbons (Fsp3) is 0.179. The summed E-state index contributed by atoms with van der Waals surface area (Å²) in [4.78, 5) is 12.2. The molecule has 4 rings (SSSR count). The number of carbonyl (C=O) groups is 1. The molecule has 0 heterocycles. The van der Waals surface area contributed by atoms with Gasteiger partial charge in [-0.2, -0.15) is 0 Å². The summed E-state index contributed by atoms with van der Waals surface area (Å²) in [6, 6.07) is 29.4. The van der Waals surface area contributed by atoms with Gasteiger partial charge in [-0.25, -0.2) is 0 Å². The Balaban J connectivity index is 1.36. The van der Waals surface area contributed by atoms with Gasteiger partial charge < -0.3 is 14.8 Å². The van der Waals surface area contributed by atoms with Gasteiger partial charge in [0.15, 0.2) is 0 Å². The van der Waals surface area contributed by atoms with Crippen molar-refractivity contribution >= 4 is 16.7 Å². The Morgan fingerprint density at radius 3 is 2.19 bits per heavy atom. The Labute approximate surface area is 188 Å². The summed E-state index contributed by atoms with van der Waals surface area (Å²) in [6.45, 7) is 4.61. The second-order valence-corrected chi connectivity index (χ2v) is 7.96. The molecule has 32 heavy (non-hydrogen) atoms. The second-order valence-electron chi connectivity index (χ2n) is 7.96. The van der Waals surface area contributed by atoms with Crippen LogP contribution < -0.4 is 14.8 Å². The molecule has 0 aliphatic carbocycles. The molecular formula is C28H27NO3. The van der Waals surface area contributed by atoms with Crippen molar-refractivity contribution in [2.45, 2.75) is 26.4 Å². The fourth-order valence-electron chi connectivity index (χ4n) is 3.50. The third kappa shape index (κ3) is 5.67. The van der Waals surface area contributed by atoms with Crippen LogP contribution >= 0.6 is 0 Å². The van der Waals surface area contributed by atoms with Crippen LogP contribution in [-0.4, -0.2) is 18.6 Å². The molecule has 4 heteroatoms. The van der Waals surface area contributed by atoms with Crippen molar-refractivity contribution in [2.24, 2.45) is 0 Å². The van der Waals surface area contributed by atoms with Crippen LogP contribution in [0.3, 0.4) is 0 Å². The molecule has 0 unspecified atom stereocenters. The van der Waals surface area contributed by atoms with Crippen molar-refractivity contribution in [3.63, 3.8) is 0 Å². The smallest absolute Gasteiger partial charge is 0.251 e. The third-order valence-corrected chi connectivity index (χ3v) is 5.04. The van der Waals surface area contributed by atoms with Crippen LogP contribution in [0.4, 0.5) is 0 Å². The first kappa shape index (κ1) is 21.4. The number of nitrogens with one attached hydrogen (secondary N) is 1. The molecule has 0 aliphatic rings. The quantitative estimate of drug-likeness (QED) is 0.356. The fourth-order valence-corrected chi connectivity index (χ4v) is 3.50. The van der Waals surface area contributed by atoms with E-state index < -0.39 is 0 Å². The average molecular weight is 426 g/mol. The van der Waals surface area contributed by atoms with Gasteiger partial charge in [-0.05, 0) is 85.1 Å². The van der Waals surface area contributed by atoms with Gasteiger partial charge in [-0.15, -0.1) is 0 Å². The molecule has 0 saturated heterocycles. The summed E-state index contributed by atoms with van der Waals surface area (Å²) < 4.78 is 11.7. The van der Waals surface area contributed by atoms with Crippen LogP contribution in [0, 0.1) is 0 Å². The van der Waals surface area contributed by atoms with Gasteiger partial charge in [0.05, 0.1) is 6.10 Å². The summed E-state index contributed by atoms with van der Waals surface area (Å²) in [5.74, 6) is 2.35. The van der Waals surface area contributed by atoms with Gasteiger partial charge in [0.25, 0.3) is 5.91 Å². The zero-order valence-electron chi connectivity index (χ0n) is 18.4. The van der Waals surface area contributed by atoms with Crippen LogP contribution in [0.1, 0.15) is 29.8 Å². The minimum absolute atomic E-state index is 0.0445. The number of ether oxygens (including phenoxy) is 2. The van der Waals surface area contributed by atoms with Crippen molar-refractivity contribution in [3.8, 4) is 17.2 Å². The molecule has 4 aromatic rings. The molecule has 0 saturated carbocycles. The lowest BCUT2D eigenvalue weighted by atomic mass is 10.0. The summed E-state index contributed by atoms with van der Waals surface area (Å²) >= 11 is 0. The van der Waals surface area contributed by atoms with Gasteiger partial charge in [0, 0.05) is 12.1 Å². The highest BCUT2D eigenvalue weighted by atomic mass is 16.5. The highest BCUT2D eigenvalue weighted by Gasteiger charge is 2.05. The topological polar surface area (TPSA) is 47.6 Å². The first-order chi connectivity index (χ1) is 15.6. The number of fused-ring (bicyclic) bond motifs is 1. The third-order valence-electron chi connectivity index (χ3n) is 5.04. The van der Waals surface area contributed by atoms with Crippen LogP contribution in [0.25, 0.3) is 10.8 Å². The number of carbonyl (C=O) groups excluding carboxylic acids is 1. The van der Waals surface area contributed by atoms with E-state index in [2.05, 4.69) is 29.6 Å². The van der Waals surface area contributed by atoms with E-state index in [1.165, 1.54) is 5.56 Å². The van der Waals surface area contributed by atoms with Crippen molar-refractivity contribution < 1.29 is 14.3 Å². The van der Waals surface area contributed by atoms with Crippen LogP contribution in [-0.2, 0) is 6.42 Å². The van der Waals surface area contributed by atoms with E-state index in [9.17, 15) is 4.79 Å². The highest BCUT2D eigenvalue weighted by molar-refractivity contribution is 5.94. The van der Waals surface area contributed by atoms with Gasteiger partial charge in [0.1, 0.15) is 17.2 Å². The number of amides is 1. The van der Waals surface area contributed by atoms with Crippen molar-refractivity contribution in [1.82, 2.24) is 5.32 Å². The Hall–Kier alpha value is -3.79. The zero-order valence-corrected chi connectivity index (χ0v) is 18.4. The monoisotopic (exact) mass is 425 g/mol. The zero-order chi connectivity index (χ0) is 22.3. The maximum absolute atomic E-state index is 12.2. The molecule has 0 fully saturated rings. The van der Waals surface area contributed by atoms with Crippen molar-refractivity contribution in [3.05, 3.63) is 102 Å². The minimum Gasteiger partial charge on any atom is -0.491 e. The summed E-state index contributed by atoms with van der Waals surface area (Å²) in [5, 5.41) is 5.23. The summed E-state index contributed by atoms with van der Waals surface area (Å²) in [7, 11) is 0. The molecule has 0 radical (unpaired) electrons. The molecule has 162 valence electrons. The normalized spacial score (nSPS) is 10.8. The molecule has 1 N–H and O–H groups in total.